The highest BCUT2D eigenvalue weighted by atomic mass is 16.7. The van der Waals surface area contributed by atoms with Gasteiger partial charge in [-0.25, -0.2) is 5.01 Å². The topological polar surface area (TPSA) is 76.9 Å². The van der Waals surface area contributed by atoms with Crippen LogP contribution in [0.1, 0.15) is 30.5 Å². The van der Waals surface area contributed by atoms with Crippen molar-refractivity contribution in [2.75, 3.05) is 6.79 Å². The number of benzene rings is 2. The van der Waals surface area contributed by atoms with E-state index in [9.17, 15) is 4.79 Å². The highest BCUT2D eigenvalue weighted by Crippen LogP contribution is 2.37. The fraction of sp³-hybridized carbons (Fsp3) is 0.200. The Bertz CT molecular complexity index is 1100. The third-order valence-electron chi connectivity index (χ3n) is 4.82. The molecule has 0 spiro atoms. The molecule has 3 aromatic rings. The van der Waals surface area contributed by atoms with Crippen molar-refractivity contribution < 1.29 is 14.3 Å². The Balaban J connectivity index is 1.51. The van der Waals surface area contributed by atoms with Crippen LogP contribution in [0.4, 0.5) is 0 Å². The van der Waals surface area contributed by atoms with Gasteiger partial charge in [-0.1, -0.05) is 6.07 Å². The molecule has 7 heteroatoms. The average Bonchev–Trinajstić information content (AvgIpc) is 3.34. The zero-order chi connectivity index (χ0) is 18.4. The molecular formula is C20H16N4O3. The summed E-state index contributed by atoms with van der Waals surface area (Å²) < 4.78 is 10.8. The lowest BCUT2D eigenvalue weighted by molar-refractivity contribution is -0.130. The van der Waals surface area contributed by atoms with Crippen molar-refractivity contribution in [1.82, 2.24) is 15.0 Å². The van der Waals surface area contributed by atoms with Crippen molar-refractivity contribution in [1.29, 1.82) is 0 Å². The number of hydrogen-bond donors (Lipinski definition) is 0. The van der Waals surface area contributed by atoms with Gasteiger partial charge in [-0.15, -0.1) is 0 Å². The smallest absolute Gasteiger partial charge is 0.240 e. The van der Waals surface area contributed by atoms with Crippen molar-refractivity contribution in [3.8, 4) is 11.5 Å². The molecule has 3 heterocycles. The molecule has 1 aromatic heterocycles. The number of carbonyl (C=O) groups is 1. The molecular weight excluding hydrogens is 344 g/mol. The zero-order valence-electron chi connectivity index (χ0n) is 14.6. The first kappa shape index (κ1) is 15.7. The van der Waals surface area contributed by atoms with Gasteiger partial charge in [-0.3, -0.25) is 14.8 Å². The largest absolute Gasteiger partial charge is 0.454 e. The summed E-state index contributed by atoms with van der Waals surface area (Å²) in [5, 5.41) is 6.13. The van der Waals surface area contributed by atoms with E-state index in [-0.39, 0.29) is 18.7 Å². The zero-order valence-corrected chi connectivity index (χ0v) is 14.6. The van der Waals surface area contributed by atoms with Crippen molar-refractivity contribution in [2.45, 2.75) is 19.4 Å². The number of nitrogens with zero attached hydrogens (tertiary/aromatic N) is 4. The molecule has 0 N–H and O–H groups in total. The fourth-order valence-electron chi connectivity index (χ4n) is 3.50. The third-order valence-corrected chi connectivity index (χ3v) is 4.82. The van der Waals surface area contributed by atoms with Crippen LogP contribution in [0.5, 0.6) is 11.5 Å². The SMILES string of the molecule is CC(=O)N1N=C(c2ccc3c(c2)OCO3)CC1c1ccc2nccnc2c1. The maximum atomic E-state index is 12.2. The normalized spacial score (nSPS) is 18.0. The molecule has 2 aliphatic rings. The number of aromatic nitrogens is 2. The molecule has 7 nitrogen and oxygen atoms in total. The molecule has 5 rings (SSSR count). The Hall–Kier alpha value is -3.48. The Kier molecular flexibility index (Phi) is 3.53. The monoisotopic (exact) mass is 360 g/mol. The lowest BCUT2D eigenvalue weighted by Gasteiger charge is -2.20. The van der Waals surface area contributed by atoms with Gasteiger partial charge < -0.3 is 9.47 Å². The fourth-order valence-corrected chi connectivity index (χ4v) is 3.50. The highest BCUT2D eigenvalue weighted by Gasteiger charge is 2.32. The Labute approximate surface area is 155 Å². The molecule has 1 atom stereocenters. The standard InChI is InChI=1S/C20H16N4O3/c1-12(25)24-18(14-2-4-15-17(8-14)22-7-6-21-15)10-16(23-24)13-3-5-19-20(9-13)27-11-26-19/h2-9,18H,10-11H2,1H3. The van der Waals surface area contributed by atoms with Gasteiger partial charge in [-0.05, 0) is 35.9 Å². The van der Waals surface area contributed by atoms with E-state index in [1.54, 1.807) is 12.4 Å². The van der Waals surface area contributed by atoms with Crippen molar-refractivity contribution >= 4 is 22.7 Å². The van der Waals surface area contributed by atoms with E-state index in [1.807, 2.05) is 36.4 Å². The first-order chi connectivity index (χ1) is 13.2. The second-order valence-electron chi connectivity index (χ2n) is 6.50. The van der Waals surface area contributed by atoms with Crippen LogP contribution >= 0.6 is 0 Å². The maximum absolute atomic E-state index is 12.2. The summed E-state index contributed by atoms with van der Waals surface area (Å²) in [6, 6.07) is 11.4. The summed E-state index contributed by atoms with van der Waals surface area (Å²) in [4.78, 5) is 20.9. The summed E-state index contributed by atoms with van der Waals surface area (Å²) in [5.41, 5.74) is 4.37. The van der Waals surface area contributed by atoms with Crippen LogP contribution in [0.25, 0.3) is 11.0 Å². The van der Waals surface area contributed by atoms with Gasteiger partial charge in [0.25, 0.3) is 0 Å². The first-order valence-corrected chi connectivity index (χ1v) is 8.67. The van der Waals surface area contributed by atoms with E-state index in [2.05, 4.69) is 15.1 Å². The molecule has 0 saturated carbocycles. The lowest BCUT2D eigenvalue weighted by atomic mass is 9.97. The van der Waals surface area contributed by atoms with Crippen molar-refractivity contribution in [3.63, 3.8) is 0 Å². The number of amides is 1. The predicted octanol–water partition coefficient (Wildman–Crippen LogP) is 3.06. The van der Waals surface area contributed by atoms with E-state index < -0.39 is 0 Å². The summed E-state index contributed by atoms with van der Waals surface area (Å²) >= 11 is 0. The van der Waals surface area contributed by atoms with Gasteiger partial charge in [0.1, 0.15) is 0 Å². The van der Waals surface area contributed by atoms with Crippen LogP contribution in [-0.4, -0.2) is 33.4 Å². The number of carbonyl (C=O) groups excluding carboxylic acids is 1. The van der Waals surface area contributed by atoms with Gasteiger partial charge in [0.05, 0.1) is 22.8 Å². The third kappa shape index (κ3) is 2.68. The quantitative estimate of drug-likeness (QED) is 0.702. The molecule has 27 heavy (non-hydrogen) atoms. The summed E-state index contributed by atoms with van der Waals surface area (Å²) in [7, 11) is 0. The number of hydrogen-bond acceptors (Lipinski definition) is 6. The Morgan fingerprint density at radius 3 is 2.70 bits per heavy atom. The minimum Gasteiger partial charge on any atom is -0.454 e. The van der Waals surface area contributed by atoms with Crippen LogP contribution < -0.4 is 9.47 Å². The van der Waals surface area contributed by atoms with E-state index >= 15 is 0 Å². The second-order valence-corrected chi connectivity index (χ2v) is 6.50. The highest BCUT2D eigenvalue weighted by molar-refractivity contribution is 6.03. The molecule has 0 bridgehead atoms. The van der Waals surface area contributed by atoms with Crippen molar-refractivity contribution in [2.24, 2.45) is 5.10 Å². The molecule has 0 fully saturated rings. The molecule has 2 aromatic carbocycles. The molecule has 0 saturated heterocycles. The second kappa shape index (κ2) is 6.05. The van der Waals surface area contributed by atoms with Crippen LogP contribution in [0, 0.1) is 0 Å². The predicted molar refractivity (Wildman–Crippen MR) is 98.5 cm³/mol. The van der Waals surface area contributed by atoms with E-state index in [0.29, 0.717) is 12.2 Å². The maximum Gasteiger partial charge on any atom is 0.240 e. The number of rotatable bonds is 2. The minimum absolute atomic E-state index is 0.102. The Morgan fingerprint density at radius 2 is 1.85 bits per heavy atom. The van der Waals surface area contributed by atoms with Gasteiger partial charge in [0.15, 0.2) is 11.5 Å². The van der Waals surface area contributed by atoms with Gasteiger partial charge >= 0.3 is 0 Å². The van der Waals surface area contributed by atoms with E-state index in [0.717, 1.165) is 33.6 Å². The van der Waals surface area contributed by atoms with E-state index in [1.165, 1.54) is 11.9 Å². The van der Waals surface area contributed by atoms with Crippen LogP contribution in [-0.2, 0) is 4.79 Å². The number of ether oxygens (including phenoxy) is 2. The molecule has 0 radical (unpaired) electrons. The Morgan fingerprint density at radius 1 is 1.04 bits per heavy atom. The minimum atomic E-state index is -0.172. The summed E-state index contributed by atoms with van der Waals surface area (Å²) in [5.74, 6) is 1.33. The molecule has 1 amide bonds. The molecule has 1 unspecified atom stereocenters. The van der Waals surface area contributed by atoms with Gasteiger partial charge in [0, 0.05) is 31.3 Å². The van der Waals surface area contributed by atoms with Crippen LogP contribution in [0.15, 0.2) is 53.9 Å². The van der Waals surface area contributed by atoms with Gasteiger partial charge in [0.2, 0.25) is 12.7 Å². The first-order valence-electron chi connectivity index (χ1n) is 8.67. The molecule has 0 aliphatic carbocycles. The lowest BCUT2D eigenvalue weighted by Crippen LogP contribution is -2.24. The van der Waals surface area contributed by atoms with Crippen molar-refractivity contribution in [3.05, 3.63) is 59.9 Å². The summed E-state index contributed by atoms with van der Waals surface area (Å²) in [6.07, 6.45) is 3.95. The molecule has 2 aliphatic heterocycles. The number of hydrazone groups is 1. The number of fused-ring (bicyclic) bond motifs is 2. The average molecular weight is 360 g/mol. The van der Waals surface area contributed by atoms with Gasteiger partial charge in [-0.2, -0.15) is 5.10 Å². The molecule has 134 valence electrons. The van der Waals surface area contributed by atoms with E-state index in [4.69, 9.17) is 9.47 Å². The van der Waals surface area contributed by atoms with Crippen LogP contribution in [0.3, 0.4) is 0 Å². The summed E-state index contributed by atoms with van der Waals surface area (Å²) in [6.45, 7) is 1.76. The van der Waals surface area contributed by atoms with Crippen LogP contribution in [0.2, 0.25) is 0 Å².